The molecule has 2 aliphatic rings. The molecular formula is C29H24N2O4S. The number of carbonyl (C=O) groups excluding carboxylic acids is 2. The van der Waals surface area contributed by atoms with E-state index in [1.54, 1.807) is 12.1 Å². The van der Waals surface area contributed by atoms with Crippen molar-refractivity contribution in [3.05, 3.63) is 94.1 Å². The Morgan fingerprint density at radius 2 is 1.86 bits per heavy atom. The number of aromatic nitrogens is 1. The molecule has 36 heavy (non-hydrogen) atoms. The van der Waals surface area contributed by atoms with Gasteiger partial charge in [0.15, 0.2) is 5.13 Å². The number of Topliss-reactive ketones (excluding diaryl/α,β-unsaturated/α-hetero) is 1. The molecule has 0 saturated carbocycles. The minimum Gasteiger partial charge on any atom is -0.507 e. The molecule has 7 heteroatoms. The van der Waals surface area contributed by atoms with Crippen LogP contribution in [-0.2, 0) is 16.0 Å². The van der Waals surface area contributed by atoms with E-state index in [-0.39, 0.29) is 17.4 Å². The molecule has 1 amide bonds. The Bertz CT molecular complexity index is 1590. The Hall–Kier alpha value is -3.97. The Morgan fingerprint density at radius 1 is 1.08 bits per heavy atom. The van der Waals surface area contributed by atoms with Crippen LogP contribution in [0.5, 0.6) is 5.75 Å². The van der Waals surface area contributed by atoms with Crippen LogP contribution < -0.4 is 9.64 Å². The second-order valence-electron chi connectivity index (χ2n) is 9.46. The van der Waals surface area contributed by atoms with Gasteiger partial charge in [0.05, 0.1) is 21.8 Å². The summed E-state index contributed by atoms with van der Waals surface area (Å²) in [6.45, 7) is 5.99. The molecule has 1 fully saturated rings. The molecule has 3 heterocycles. The minimum atomic E-state index is -0.795. The van der Waals surface area contributed by atoms with Gasteiger partial charge in [0.2, 0.25) is 0 Å². The van der Waals surface area contributed by atoms with Crippen LogP contribution in [0.15, 0.2) is 66.2 Å². The number of amides is 1. The lowest BCUT2D eigenvalue weighted by atomic mass is 9.94. The van der Waals surface area contributed by atoms with Gasteiger partial charge in [0.1, 0.15) is 17.6 Å². The molecule has 1 N–H and O–H groups in total. The predicted molar refractivity (Wildman–Crippen MR) is 141 cm³/mol. The predicted octanol–water partition coefficient (Wildman–Crippen LogP) is 5.86. The monoisotopic (exact) mass is 496 g/mol. The molecule has 6 nitrogen and oxygen atoms in total. The van der Waals surface area contributed by atoms with Crippen molar-refractivity contribution in [3.8, 4) is 5.75 Å². The van der Waals surface area contributed by atoms with Gasteiger partial charge in [0, 0.05) is 12.0 Å². The van der Waals surface area contributed by atoms with Gasteiger partial charge in [-0.05, 0) is 67.3 Å². The summed E-state index contributed by atoms with van der Waals surface area (Å²) in [5.41, 5.74) is 5.16. The number of fused-ring (bicyclic) bond motifs is 2. The summed E-state index contributed by atoms with van der Waals surface area (Å²) >= 11 is 1.37. The summed E-state index contributed by atoms with van der Waals surface area (Å²) in [5, 5.41) is 11.9. The van der Waals surface area contributed by atoms with E-state index in [0.29, 0.717) is 10.7 Å². The average Bonchev–Trinajstić information content (AvgIpc) is 3.52. The van der Waals surface area contributed by atoms with E-state index in [0.717, 1.165) is 44.6 Å². The van der Waals surface area contributed by atoms with E-state index >= 15 is 0 Å². The Labute approximate surface area is 212 Å². The maximum Gasteiger partial charge on any atom is 0.301 e. The third kappa shape index (κ3) is 3.50. The van der Waals surface area contributed by atoms with Crippen molar-refractivity contribution < 1.29 is 19.4 Å². The second-order valence-corrected chi connectivity index (χ2v) is 10.5. The molecule has 2 unspecified atom stereocenters. The number of carbonyl (C=O) groups is 2. The summed E-state index contributed by atoms with van der Waals surface area (Å²) in [4.78, 5) is 33.1. The Kier molecular flexibility index (Phi) is 5.19. The highest BCUT2D eigenvalue weighted by molar-refractivity contribution is 7.22. The molecule has 0 aliphatic carbocycles. The number of hydrogen-bond donors (Lipinski definition) is 1. The van der Waals surface area contributed by atoms with E-state index in [2.05, 4.69) is 0 Å². The van der Waals surface area contributed by atoms with Gasteiger partial charge in [-0.3, -0.25) is 14.5 Å². The summed E-state index contributed by atoms with van der Waals surface area (Å²) in [7, 11) is 0. The smallest absolute Gasteiger partial charge is 0.301 e. The second kappa shape index (κ2) is 8.31. The van der Waals surface area contributed by atoms with Crippen LogP contribution in [0, 0.1) is 13.8 Å². The molecule has 2 atom stereocenters. The van der Waals surface area contributed by atoms with E-state index in [1.165, 1.54) is 16.2 Å². The van der Waals surface area contributed by atoms with Gasteiger partial charge in [-0.15, -0.1) is 0 Å². The lowest BCUT2D eigenvalue weighted by molar-refractivity contribution is -0.132. The summed E-state index contributed by atoms with van der Waals surface area (Å²) in [6.07, 6.45) is 0.774. The third-order valence-corrected chi connectivity index (χ3v) is 7.76. The van der Waals surface area contributed by atoms with Crippen LogP contribution >= 0.6 is 11.3 Å². The molecular weight excluding hydrogens is 472 g/mol. The van der Waals surface area contributed by atoms with Crippen LogP contribution in [0.25, 0.3) is 16.0 Å². The number of benzene rings is 3. The van der Waals surface area contributed by atoms with Gasteiger partial charge in [-0.2, -0.15) is 0 Å². The van der Waals surface area contributed by atoms with Crippen LogP contribution in [0.4, 0.5) is 5.13 Å². The van der Waals surface area contributed by atoms with Crippen LogP contribution in [0.1, 0.15) is 40.8 Å². The molecule has 0 radical (unpaired) electrons. The first-order chi connectivity index (χ1) is 17.3. The molecule has 1 aromatic heterocycles. The number of hydrogen-bond acceptors (Lipinski definition) is 6. The Balaban J connectivity index is 1.54. The fourth-order valence-electron chi connectivity index (χ4n) is 5.17. The highest BCUT2D eigenvalue weighted by Crippen LogP contribution is 2.45. The number of aliphatic hydroxyl groups excluding tert-OH is 1. The zero-order chi connectivity index (χ0) is 25.1. The van der Waals surface area contributed by atoms with Crippen LogP contribution in [0.2, 0.25) is 0 Å². The molecule has 0 spiro atoms. The van der Waals surface area contributed by atoms with Gasteiger partial charge in [-0.25, -0.2) is 4.98 Å². The zero-order valence-corrected chi connectivity index (χ0v) is 20.9. The number of aryl methyl sites for hydroxylation is 2. The Morgan fingerprint density at radius 3 is 2.64 bits per heavy atom. The zero-order valence-electron chi connectivity index (χ0n) is 20.1. The van der Waals surface area contributed by atoms with Crippen molar-refractivity contribution in [2.45, 2.75) is 39.3 Å². The van der Waals surface area contributed by atoms with E-state index in [9.17, 15) is 14.7 Å². The molecule has 4 aromatic rings. The van der Waals surface area contributed by atoms with Crippen molar-refractivity contribution in [1.82, 2.24) is 4.98 Å². The molecule has 1 saturated heterocycles. The van der Waals surface area contributed by atoms with Gasteiger partial charge < -0.3 is 9.84 Å². The van der Waals surface area contributed by atoms with Crippen molar-refractivity contribution >= 4 is 44.1 Å². The van der Waals surface area contributed by atoms with Gasteiger partial charge >= 0.3 is 5.91 Å². The number of ether oxygens (including phenoxy) is 1. The normalized spacial score (nSPS) is 20.7. The lowest BCUT2D eigenvalue weighted by Crippen LogP contribution is -2.29. The number of thiazole rings is 1. The fourth-order valence-corrected chi connectivity index (χ4v) is 6.34. The van der Waals surface area contributed by atoms with E-state index in [1.807, 2.05) is 69.3 Å². The SMILES string of the molecule is Cc1cc(C)c2nc(N3C(=O)C(=O)C(=C(O)c4ccc5c(c4)CC(C)O5)C3c3ccccc3)sc2c1. The van der Waals surface area contributed by atoms with Crippen molar-refractivity contribution in [2.75, 3.05) is 4.90 Å². The molecule has 0 bridgehead atoms. The van der Waals surface area contributed by atoms with Crippen LogP contribution in [0.3, 0.4) is 0 Å². The lowest BCUT2D eigenvalue weighted by Gasteiger charge is -2.23. The van der Waals surface area contributed by atoms with Crippen molar-refractivity contribution in [3.63, 3.8) is 0 Å². The fraction of sp³-hybridized carbons (Fsp3) is 0.207. The minimum absolute atomic E-state index is 0.0541. The quantitative estimate of drug-likeness (QED) is 0.218. The third-order valence-electron chi connectivity index (χ3n) is 6.75. The first kappa shape index (κ1) is 22.5. The number of rotatable bonds is 3. The first-order valence-corrected chi connectivity index (χ1v) is 12.7. The number of anilines is 1. The maximum atomic E-state index is 13.5. The summed E-state index contributed by atoms with van der Waals surface area (Å²) < 4.78 is 6.73. The maximum absolute atomic E-state index is 13.5. The van der Waals surface area contributed by atoms with Crippen molar-refractivity contribution in [2.24, 2.45) is 0 Å². The van der Waals surface area contributed by atoms with Gasteiger partial charge in [-0.1, -0.05) is 47.7 Å². The standard InChI is InChI=1S/C29H24N2O4S/c1-15-11-16(2)24-22(12-15)36-29(30-24)31-25(18-7-5-4-6-8-18)23(27(33)28(31)34)26(32)19-9-10-21-20(14-19)13-17(3)35-21/h4-12,14,17,25,32H,13H2,1-3H3. The summed E-state index contributed by atoms with van der Waals surface area (Å²) in [6, 6.07) is 18.0. The van der Waals surface area contributed by atoms with E-state index in [4.69, 9.17) is 9.72 Å². The van der Waals surface area contributed by atoms with E-state index < -0.39 is 17.7 Å². The molecule has 180 valence electrons. The number of aliphatic hydroxyl groups is 1. The highest BCUT2D eigenvalue weighted by atomic mass is 32.1. The highest BCUT2D eigenvalue weighted by Gasteiger charge is 2.48. The average molecular weight is 497 g/mol. The topological polar surface area (TPSA) is 79.7 Å². The van der Waals surface area contributed by atoms with Gasteiger partial charge in [0.25, 0.3) is 5.78 Å². The molecule has 3 aromatic carbocycles. The molecule has 6 rings (SSSR count). The largest absolute Gasteiger partial charge is 0.507 e. The van der Waals surface area contributed by atoms with Crippen LogP contribution in [-0.4, -0.2) is 27.9 Å². The first-order valence-electron chi connectivity index (χ1n) is 11.9. The van der Waals surface area contributed by atoms with Crippen molar-refractivity contribution in [1.29, 1.82) is 0 Å². The molecule has 2 aliphatic heterocycles. The number of ketones is 1. The summed E-state index contributed by atoms with van der Waals surface area (Å²) in [5.74, 6) is -0.838. The number of nitrogens with zero attached hydrogens (tertiary/aromatic N) is 2.